The summed E-state index contributed by atoms with van der Waals surface area (Å²) in [7, 11) is 0. The standard InChI is InChI=1S/C17H9Br2IN2O3S/c18-9-2-1-3-11(6-9)22-16(25)12(15(24)21-17(22)26)5-8-4-10(19)7-13(20)14(8)23/h1-7,23H,(H,21,24,26)/b12-5+. The van der Waals surface area contributed by atoms with Crippen LogP contribution in [-0.2, 0) is 9.59 Å². The zero-order chi connectivity index (χ0) is 19.0. The minimum Gasteiger partial charge on any atom is -0.506 e. The van der Waals surface area contributed by atoms with Crippen molar-refractivity contribution in [3.05, 3.63) is 60.1 Å². The second kappa shape index (κ2) is 7.75. The van der Waals surface area contributed by atoms with E-state index in [-0.39, 0.29) is 16.4 Å². The molecule has 2 aromatic carbocycles. The van der Waals surface area contributed by atoms with Crippen LogP contribution in [0.15, 0.2) is 50.9 Å². The molecule has 0 saturated carbocycles. The van der Waals surface area contributed by atoms with Crippen LogP contribution >= 0.6 is 66.7 Å². The molecule has 2 N–H and O–H groups in total. The summed E-state index contributed by atoms with van der Waals surface area (Å²) < 4.78 is 2.08. The molecule has 1 aliphatic heterocycles. The van der Waals surface area contributed by atoms with E-state index in [1.54, 1.807) is 30.3 Å². The molecule has 132 valence electrons. The maximum absolute atomic E-state index is 12.9. The number of carbonyl (C=O) groups is 2. The van der Waals surface area contributed by atoms with E-state index in [2.05, 4.69) is 37.2 Å². The Morgan fingerprint density at radius 3 is 2.58 bits per heavy atom. The topological polar surface area (TPSA) is 69.6 Å². The first-order valence-electron chi connectivity index (χ1n) is 7.13. The van der Waals surface area contributed by atoms with E-state index in [1.165, 1.54) is 11.0 Å². The Balaban J connectivity index is 2.09. The van der Waals surface area contributed by atoms with Crippen molar-refractivity contribution in [2.75, 3.05) is 4.90 Å². The lowest BCUT2D eigenvalue weighted by Crippen LogP contribution is -2.54. The summed E-state index contributed by atoms with van der Waals surface area (Å²) in [5.41, 5.74) is 0.750. The summed E-state index contributed by atoms with van der Waals surface area (Å²) in [6.07, 6.45) is 1.35. The Hall–Kier alpha value is -1.30. The lowest BCUT2D eigenvalue weighted by molar-refractivity contribution is -0.122. The number of hydrogen-bond donors (Lipinski definition) is 2. The molecule has 0 aromatic heterocycles. The number of halogens is 3. The van der Waals surface area contributed by atoms with Crippen LogP contribution in [-0.4, -0.2) is 22.0 Å². The van der Waals surface area contributed by atoms with Crippen molar-refractivity contribution in [1.82, 2.24) is 5.32 Å². The number of hydrogen-bond acceptors (Lipinski definition) is 4. The highest BCUT2D eigenvalue weighted by atomic mass is 127. The molecule has 1 heterocycles. The van der Waals surface area contributed by atoms with Gasteiger partial charge in [-0.2, -0.15) is 0 Å². The molecule has 0 bridgehead atoms. The number of aromatic hydroxyl groups is 1. The Bertz CT molecular complexity index is 994. The van der Waals surface area contributed by atoms with Gasteiger partial charge in [-0.15, -0.1) is 0 Å². The molecule has 2 amide bonds. The van der Waals surface area contributed by atoms with Gasteiger partial charge in [-0.05, 0) is 71.2 Å². The average Bonchev–Trinajstić information content (AvgIpc) is 2.55. The summed E-state index contributed by atoms with van der Waals surface area (Å²) >= 11 is 13.8. The number of thiocarbonyl (C=S) groups is 1. The highest BCUT2D eigenvalue weighted by Gasteiger charge is 2.34. The lowest BCUT2D eigenvalue weighted by atomic mass is 10.1. The Labute approximate surface area is 184 Å². The lowest BCUT2D eigenvalue weighted by Gasteiger charge is -2.29. The second-order valence-electron chi connectivity index (χ2n) is 5.26. The van der Waals surface area contributed by atoms with E-state index in [9.17, 15) is 14.7 Å². The SMILES string of the molecule is O=C1NC(=S)N(c2cccc(Br)c2)C(=O)/C1=C/c1cc(Br)cc(I)c1O. The number of rotatable bonds is 2. The molecular weight excluding hydrogens is 599 g/mol. The van der Waals surface area contributed by atoms with Gasteiger partial charge in [0.15, 0.2) is 5.11 Å². The zero-order valence-electron chi connectivity index (χ0n) is 12.8. The van der Waals surface area contributed by atoms with Gasteiger partial charge >= 0.3 is 0 Å². The smallest absolute Gasteiger partial charge is 0.270 e. The highest BCUT2D eigenvalue weighted by Crippen LogP contribution is 2.31. The molecule has 0 unspecified atom stereocenters. The first kappa shape index (κ1) is 19.5. The van der Waals surface area contributed by atoms with Crippen molar-refractivity contribution in [1.29, 1.82) is 0 Å². The van der Waals surface area contributed by atoms with Gasteiger partial charge in [0.05, 0.1) is 9.26 Å². The van der Waals surface area contributed by atoms with Crippen molar-refractivity contribution in [2.45, 2.75) is 0 Å². The van der Waals surface area contributed by atoms with Crippen molar-refractivity contribution >= 4 is 95.4 Å². The fourth-order valence-electron chi connectivity index (χ4n) is 2.36. The Morgan fingerprint density at radius 2 is 1.88 bits per heavy atom. The molecule has 2 aromatic rings. The normalized spacial score (nSPS) is 16.2. The summed E-state index contributed by atoms with van der Waals surface area (Å²) in [6.45, 7) is 0. The van der Waals surface area contributed by atoms with E-state index >= 15 is 0 Å². The fraction of sp³-hybridized carbons (Fsp3) is 0. The number of phenolic OH excluding ortho intramolecular Hbond substituents is 1. The zero-order valence-corrected chi connectivity index (χ0v) is 18.9. The van der Waals surface area contributed by atoms with Crippen LogP contribution in [0.1, 0.15) is 5.56 Å². The molecular formula is C17H9Br2IN2O3S. The van der Waals surface area contributed by atoms with Crippen molar-refractivity contribution in [2.24, 2.45) is 0 Å². The number of anilines is 1. The third kappa shape index (κ3) is 3.85. The van der Waals surface area contributed by atoms with E-state index in [1.807, 2.05) is 28.7 Å². The first-order valence-corrected chi connectivity index (χ1v) is 10.2. The molecule has 0 aliphatic carbocycles. The van der Waals surface area contributed by atoms with Crippen molar-refractivity contribution < 1.29 is 14.7 Å². The predicted octanol–water partition coefficient (Wildman–Crippen LogP) is 4.35. The fourth-order valence-corrected chi connectivity index (χ4v) is 4.58. The molecule has 3 rings (SSSR count). The molecule has 5 nitrogen and oxygen atoms in total. The van der Waals surface area contributed by atoms with Crippen LogP contribution in [0, 0.1) is 3.57 Å². The van der Waals surface area contributed by atoms with Crippen LogP contribution in [0.2, 0.25) is 0 Å². The molecule has 9 heteroatoms. The third-order valence-electron chi connectivity index (χ3n) is 3.53. The van der Waals surface area contributed by atoms with Crippen LogP contribution in [0.5, 0.6) is 5.75 Å². The van der Waals surface area contributed by atoms with Crippen LogP contribution in [0.25, 0.3) is 6.08 Å². The van der Waals surface area contributed by atoms with E-state index in [0.29, 0.717) is 14.8 Å². The number of carbonyl (C=O) groups excluding carboxylic acids is 2. The van der Waals surface area contributed by atoms with E-state index in [4.69, 9.17) is 12.2 Å². The molecule has 0 spiro atoms. The third-order valence-corrected chi connectivity index (χ3v) is 5.58. The van der Waals surface area contributed by atoms with Crippen LogP contribution in [0.4, 0.5) is 5.69 Å². The van der Waals surface area contributed by atoms with Gasteiger partial charge in [0.1, 0.15) is 11.3 Å². The number of phenols is 1. The maximum atomic E-state index is 12.9. The monoisotopic (exact) mass is 606 g/mol. The quantitative estimate of drug-likeness (QED) is 0.231. The maximum Gasteiger partial charge on any atom is 0.270 e. The van der Waals surface area contributed by atoms with Gasteiger partial charge in [-0.3, -0.25) is 19.8 Å². The number of nitrogens with zero attached hydrogens (tertiary/aromatic N) is 1. The molecule has 1 aliphatic rings. The highest BCUT2D eigenvalue weighted by molar-refractivity contribution is 14.1. The minimum absolute atomic E-state index is 0.00305. The number of amides is 2. The first-order chi connectivity index (χ1) is 12.3. The van der Waals surface area contributed by atoms with Gasteiger partial charge < -0.3 is 5.11 Å². The predicted molar refractivity (Wildman–Crippen MR) is 119 cm³/mol. The van der Waals surface area contributed by atoms with Crippen LogP contribution < -0.4 is 10.2 Å². The summed E-state index contributed by atoms with van der Waals surface area (Å²) in [4.78, 5) is 26.5. The number of nitrogens with one attached hydrogen (secondary N) is 1. The van der Waals surface area contributed by atoms with E-state index < -0.39 is 11.8 Å². The van der Waals surface area contributed by atoms with Gasteiger partial charge in [-0.1, -0.05) is 37.9 Å². The average molecular weight is 608 g/mol. The molecule has 1 saturated heterocycles. The number of benzene rings is 2. The van der Waals surface area contributed by atoms with E-state index in [0.717, 1.165) is 8.95 Å². The Kier molecular flexibility index (Phi) is 5.80. The summed E-state index contributed by atoms with van der Waals surface area (Å²) in [5.74, 6) is -1.18. The van der Waals surface area contributed by atoms with Gasteiger partial charge in [0.25, 0.3) is 11.8 Å². The second-order valence-corrected chi connectivity index (χ2v) is 8.64. The largest absolute Gasteiger partial charge is 0.506 e. The Morgan fingerprint density at radius 1 is 1.15 bits per heavy atom. The van der Waals surface area contributed by atoms with Gasteiger partial charge in [-0.25, -0.2) is 0 Å². The minimum atomic E-state index is -0.611. The van der Waals surface area contributed by atoms with Gasteiger partial charge in [0, 0.05) is 14.5 Å². The molecule has 0 radical (unpaired) electrons. The van der Waals surface area contributed by atoms with Crippen molar-refractivity contribution in [3.63, 3.8) is 0 Å². The molecule has 0 atom stereocenters. The molecule has 1 fully saturated rings. The van der Waals surface area contributed by atoms with Crippen LogP contribution in [0.3, 0.4) is 0 Å². The van der Waals surface area contributed by atoms with Gasteiger partial charge in [0.2, 0.25) is 0 Å². The summed E-state index contributed by atoms with van der Waals surface area (Å²) in [6, 6.07) is 10.4. The summed E-state index contributed by atoms with van der Waals surface area (Å²) in [5, 5.41) is 12.8. The molecule has 26 heavy (non-hydrogen) atoms. The van der Waals surface area contributed by atoms with Crippen molar-refractivity contribution in [3.8, 4) is 5.75 Å².